The van der Waals surface area contributed by atoms with Crippen LogP contribution in [0.3, 0.4) is 0 Å². The maximum Gasteiger partial charge on any atom is 0.266 e. The Kier molecular flexibility index (Phi) is 7.37. The van der Waals surface area contributed by atoms with Crippen LogP contribution in [0.25, 0.3) is 6.08 Å². The van der Waals surface area contributed by atoms with Gasteiger partial charge in [-0.05, 0) is 53.6 Å². The Morgan fingerprint density at radius 3 is 2.27 bits per heavy atom. The Morgan fingerprint density at radius 2 is 1.61 bits per heavy atom. The van der Waals surface area contributed by atoms with Crippen LogP contribution in [-0.2, 0) is 11.2 Å². The molecule has 168 valence electrons. The number of hydrogen-bond donors (Lipinski definition) is 0. The molecule has 1 heterocycles. The Hall–Kier alpha value is -3.22. The molecule has 0 N–H and O–H groups in total. The van der Waals surface area contributed by atoms with Crippen LogP contribution in [0.5, 0.6) is 11.5 Å². The largest absolute Gasteiger partial charge is 0.493 e. The maximum absolute atomic E-state index is 13.4. The summed E-state index contributed by atoms with van der Waals surface area (Å²) in [5.41, 5.74) is 2.63. The number of hydrogen-bond acceptors (Lipinski definition) is 5. The molecule has 0 spiro atoms. The Labute approximate surface area is 202 Å². The van der Waals surface area contributed by atoms with E-state index in [0.717, 1.165) is 17.7 Å². The number of nitrogens with zero attached hydrogens (tertiary/aromatic N) is 2. The number of para-hydroxylation sites is 1. The second-order valence-corrected chi connectivity index (χ2v) is 8.68. The lowest BCUT2D eigenvalue weighted by Crippen LogP contribution is -2.31. The van der Waals surface area contributed by atoms with Crippen LogP contribution in [-0.4, -0.2) is 36.7 Å². The number of aliphatic imine (C=N–C) groups is 1. The molecule has 0 aromatic heterocycles. The highest BCUT2D eigenvalue weighted by molar-refractivity contribution is 8.18. The van der Waals surface area contributed by atoms with E-state index in [0.29, 0.717) is 38.7 Å². The van der Waals surface area contributed by atoms with Crippen molar-refractivity contribution in [3.8, 4) is 11.5 Å². The Bertz CT molecular complexity index is 1200. The molecular formula is C26H23ClN2O3S. The van der Waals surface area contributed by atoms with Crippen molar-refractivity contribution in [2.75, 3.05) is 20.8 Å². The first kappa shape index (κ1) is 23.0. The molecule has 5 nitrogen and oxygen atoms in total. The summed E-state index contributed by atoms with van der Waals surface area (Å²) in [7, 11) is 3.12. The zero-order chi connectivity index (χ0) is 23.2. The molecule has 1 fully saturated rings. The third kappa shape index (κ3) is 5.41. The number of ether oxygens (including phenoxy) is 2. The van der Waals surface area contributed by atoms with Gasteiger partial charge in [0, 0.05) is 12.6 Å². The first-order valence-corrected chi connectivity index (χ1v) is 11.6. The van der Waals surface area contributed by atoms with Gasteiger partial charge in [-0.15, -0.1) is 0 Å². The summed E-state index contributed by atoms with van der Waals surface area (Å²) in [5.74, 6) is 0.977. The third-order valence-corrected chi connectivity index (χ3v) is 6.46. The molecule has 0 atom stereocenters. The van der Waals surface area contributed by atoms with Gasteiger partial charge in [-0.1, -0.05) is 60.1 Å². The van der Waals surface area contributed by atoms with Crippen molar-refractivity contribution in [1.29, 1.82) is 0 Å². The quantitative estimate of drug-likeness (QED) is 0.379. The lowest BCUT2D eigenvalue weighted by molar-refractivity contribution is -0.122. The molecule has 1 saturated heterocycles. The van der Waals surface area contributed by atoms with E-state index in [4.69, 9.17) is 26.1 Å². The van der Waals surface area contributed by atoms with E-state index >= 15 is 0 Å². The maximum atomic E-state index is 13.4. The number of amidine groups is 1. The number of thioether (sulfide) groups is 1. The van der Waals surface area contributed by atoms with Crippen LogP contribution in [0.2, 0.25) is 5.02 Å². The van der Waals surface area contributed by atoms with Gasteiger partial charge in [0.15, 0.2) is 16.7 Å². The molecule has 3 aromatic rings. The van der Waals surface area contributed by atoms with Gasteiger partial charge in [-0.2, -0.15) is 0 Å². The SMILES string of the molecule is COc1cc(Cl)c(/C=C2/SC(=Nc3ccccc3)N(CCc3ccccc3)C2=O)cc1OC. The summed E-state index contributed by atoms with van der Waals surface area (Å²) >= 11 is 7.80. The second kappa shape index (κ2) is 10.6. The summed E-state index contributed by atoms with van der Waals surface area (Å²) in [6.45, 7) is 0.526. The summed E-state index contributed by atoms with van der Waals surface area (Å²) in [5, 5.41) is 1.11. The monoisotopic (exact) mass is 478 g/mol. The lowest BCUT2D eigenvalue weighted by atomic mass is 10.1. The van der Waals surface area contributed by atoms with Crippen molar-refractivity contribution >= 4 is 46.2 Å². The second-order valence-electron chi connectivity index (χ2n) is 7.26. The normalized spacial score (nSPS) is 16.0. The number of halogens is 1. The molecule has 0 saturated carbocycles. The van der Waals surface area contributed by atoms with E-state index in [2.05, 4.69) is 12.1 Å². The summed E-state index contributed by atoms with van der Waals surface area (Å²) in [6, 6.07) is 23.2. The number of carbonyl (C=O) groups excluding carboxylic acids is 1. The number of methoxy groups -OCH3 is 2. The van der Waals surface area contributed by atoms with Crippen molar-refractivity contribution in [2.24, 2.45) is 4.99 Å². The molecule has 0 bridgehead atoms. The van der Waals surface area contributed by atoms with Crippen LogP contribution in [0.4, 0.5) is 5.69 Å². The zero-order valence-electron chi connectivity index (χ0n) is 18.3. The highest BCUT2D eigenvalue weighted by atomic mass is 35.5. The summed E-state index contributed by atoms with van der Waals surface area (Å²) < 4.78 is 10.7. The molecule has 33 heavy (non-hydrogen) atoms. The number of carbonyl (C=O) groups is 1. The average molecular weight is 479 g/mol. The number of rotatable bonds is 7. The van der Waals surface area contributed by atoms with Crippen LogP contribution in [0, 0.1) is 0 Å². The third-order valence-electron chi connectivity index (χ3n) is 5.13. The zero-order valence-corrected chi connectivity index (χ0v) is 19.9. The molecule has 0 radical (unpaired) electrons. The van der Waals surface area contributed by atoms with Gasteiger partial charge >= 0.3 is 0 Å². The first-order valence-electron chi connectivity index (χ1n) is 10.4. The minimum atomic E-state index is -0.100. The van der Waals surface area contributed by atoms with Gasteiger partial charge in [0.2, 0.25) is 0 Å². The smallest absolute Gasteiger partial charge is 0.266 e. The van der Waals surface area contributed by atoms with Gasteiger partial charge < -0.3 is 9.47 Å². The van der Waals surface area contributed by atoms with E-state index in [1.165, 1.54) is 11.8 Å². The predicted octanol–water partition coefficient (Wildman–Crippen LogP) is 6.20. The highest BCUT2D eigenvalue weighted by Crippen LogP contribution is 2.38. The standard InChI is InChI=1S/C26H23ClN2O3S/c1-31-22-15-19(21(27)17-23(22)32-2)16-24-25(30)29(14-13-18-9-5-3-6-10-18)26(33-24)28-20-11-7-4-8-12-20/h3-12,15-17H,13-14H2,1-2H3/b24-16+,28-26?. The summed E-state index contributed by atoms with van der Waals surface area (Å²) in [4.78, 5) is 20.4. The van der Waals surface area contributed by atoms with E-state index in [1.807, 2.05) is 48.5 Å². The van der Waals surface area contributed by atoms with Crippen molar-refractivity contribution in [3.63, 3.8) is 0 Å². The van der Waals surface area contributed by atoms with Crippen LogP contribution < -0.4 is 9.47 Å². The fourth-order valence-electron chi connectivity index (χ4n) is 3.41. The fourth-order valence-corrected chi connectivity index (χ4v) is 4.63. The number of amides is 1. The number of benzene rings is 3. The van der Waals surface area contributed by atoms with E-state index in [-0.39, 0.29) is 5.91 Å². The van der Waals surface area contributed by atoms with Crippen LogP contribution >= 0.6 is 23.4 Å². The topological polar surface area (TPSA) is 51.1 Å². The lowest BCUT2D eigenvalue weighted by Gasteiger charge is -2.15. The van der Waals surface area contributed by atoms with Crippen molar-refractivity contribution in [2.45, 2.75) is 6.42 Å². The van der Waals surface area contributed by atoms with Crippen molar-refractivity contribution < 1.29 is 14.3 Å². The van der Waals surface area contributed by atoms with Crippen molar-refractivity contribution in [1.82, 2.24) is 4.90 Å². The summed E-state index contributed by atoms with van der Waals surface area (Å²) in [6.07, 6.45) is 2.51. The van der Waals surface area contributed by atoms with Gasteiger partial charge in [-0.25, -0.2) is 4.99 Å². The van der Waals surface area contributed by atoms with E-state index < -0.39 is 0 Å². The van der Waals surface area contributed by atoms with Gasteiger partial charge in [0.05, 0.1) is 29.8 Å². The molecule has 0 unspecified atom stereocenters. The average Bonchev–Trinajstić information content (AvgIpc) is 3.13. The molecule has 1 aliphatic heterocycles. The molecule has 4 rings (SSSR count). The van der Waals surface area contributed by atoms with Gasteiger partial charge in [-0.3, -0.25) is 9.69 Å². The molecule has 3 aromatic carbocycles. The highest BCUT2D eigenvalue weighted by Gasteiger charge is 2.33. The van der Waals surface area contributed by atoms with E-state index in [9.17, 15) is 4.79 Å². The van der Waals surface area contributed by atoms with Crippen LogP contribution in [0.15, 0.2) is 82.7 Å². The molecule has 1 aliphatic rings. The van der Waals surface area contributed by atoms with Gasteiger partial charge in [0.1, 0.15) is 0 Å². The molecule has 7 heteroatoms. The Morgan fingerprint density at radius 1 is 0.970 bits per heavy atom. The minimum Gasteiger partial charge on any atom is -0.493 e. The fraction of sp³-hybridized carbons (Fsp3) is 0.154. The molecular weight excluding hydrogens is 456 g/mol. The Balaban J connectivity index is 1.67. The first-order chi connectivity index (χ1) is 16.1. The molecule has 0 aliphatic carbocycles. The minimum absolute atomic E-state index is 0.100. The van der Waals surface area contributed by atoms with Crippen molar-refractivity contribution in [3.05, 3.63) is 93.9 Å². The van der Waals surface area contributed by atoms with E-state index in [1.54, 1.807) is 37.3 Å². The van der Waals surface area contributed by atoms with Crippen LogP contribution in [0.1, 0.15) is 11.1 Å². The molecule has 1 amide bonds. The predicted molar refractivity (Wildman–Crippen MR) is 136 cm³/mol. The van der Waals surface area contributed by atoms with Gasteiger partial charge in [0.25, 0.3) is 5.91 Å².